The smallest absolute Gasteiger partial charge is 0.339 e. The van der Waals surface area contributed by atoms with Crippen molar-refractivity contribution in [2.45, 2.75) is 12.6 Å². The van der Waals surface area contributed by atoms with Gasteiger partial charge in [0, 0.05) is 21.5 Å². The third kappa shape index (κ3) is 4.07. The summed E-state index contributed by atoms with van der Waals surface area (Å²) in [7, 11) is 0. The van der Waals surface area contributed by atoms with E-state index in [0.29, 0.717) is 22.9 Å². The maximum absolute atomic E-state index is 12.7. The van der Waals surface area contributed by atoms with Crippen molar-refractivity contribution in [1.29, 1.82) is 0 Å². The molecule has 9 heteroatoms. The minimum Gasteiger partial charge on any atom is -0.339 e. The number of alkyl halides is 3. The van der Waals surface area contributed by atoms with Crippen LogP contribution in [0.2, 0.25) is 5.02 Å². The fourth-order valence-electron chi connectivity index (χ4n) is 2.55. The summed E-state index contributed by atoms with van der Waals surface area (Å²) >= 11 is 7.45. The average Bonchev–Trinajstić information content (AvgIpc) is 3.31. The molecule has 0 atom stereocenters. The van der Waals surface area contributed by atoms with Gasteiger partial charge in [-0.1, -0.05) is 41.0 Å². The quantitative estimate of drug-likeness (QED) is 0.398. The van der Waals surface area contributed by atoms with E-state index in [1.54, 1.807) is 6.07 Å². The number of nitrogens with zero attached hydrogens (tertiary/aromatic N) is 3. The summed E-state index contributed by atoms with van der Waals surface area (Å²) in [6.07, 6.45) is -4.05. The minimum absolute atomic E-state index is 0.232. The summed E-state index contributed by atoms with van der Waals surface area (Å²) in [5.41, 5.74) is 1.43. The van der Waals surface area contributed by atoms with Crippen LogP contribution in [0.4, 0.5) is 13.2 Å². The highest BCUT2D eigenvalue weighted by Crippen LogP contribution is 2.30. The largest absolute Gasteiger partial charge is 0.416 e. The second-order valence-electron chi connectivity index (χ2n) is 5.90. The van der Waals surface area contributed by atoms with Gasteiger partial charge in [-0.3, -0.25) is 0 Å². The topological polar surface area (TPSA) is 51.8 Å². The van der Waals surface area contributed by atoms with E-state index in [-0.39, 0.29) is 5.82 Å². The van der Waals surface area contributed by atoms with Gasteiger partial charge >= 0.3 is 6.18 Å². The third-order valence-corrected chi connectivity index (χ3v) is 5.00. The molecule has 0 spiro atoms. The maximum atomic E-state index is 12.7. The Bertz CT molecular complexity index is 1110. The van der Waals surface area contributed by atoms with E-state index >= 15 is 0 Å². The van der Waals surface area contributed by atoms with E-state index in [9.17, 15) is 13.2 Å². The third-order valence-electron chi connectivity index (χ3n) is 3.91. The lowest BCUT2D eigenvalue weighted by atomic mass is 10.1. The Labute approximate surface area is 166 Å². The molecule has 0 aliphatic heterocycles. The predicted molar refractivity (Wildman–Crippen MR) is 100 cm³/mol. The highest BCUT2D eigenvalue weighted by molar-refractivity contribution is 7.10. The molecule has 0 aliphatic rings. The summed E-state index contributed by atoms with van der Waals surface area (Å²) < 4.78 is 43.2. The van der Waals surface area contributed by atoms with Crippen LogP contribution in [0.5, 0.6) is 0 Å². The molecular weight excluding hydrogens is 411 g/mol. The highest BCUT2D eigenvalue weighted by Gasteiger charge is 2.30. The lowest BCUT2D eigenvalue weighted by Gasteiger charge is -2.05. The van der Waals surface area contributed by atoms with Crippen molar-refractivity contribution >= 4 is 22.9 Å². The average molecular weight is 422 g/mol. The monoisotopic (exact) mass is 421 g/mol. The van der Waals surface area contributed by atoms with Crippen molar-refractivity contribution in [1.82, 2.24) is 15.1 Å². The summed E-state index contributed by atoms with van der Waals surface area (Å²) in [6.45, 7) is 0. The van der Waals surface area contributed by atoms with Crippen LogP contribution in [0.3, 0.4) is 0 Å². The number of benzene rings is 2. The molecule has 0 N–H and O–H groups in total. The molecule has 28 heavy (non-hydrogen) atoms. The van der Waals surface area contributed by atoms with Gasteiger partial charge in [0.2, 0.25) is 11.7 Å². The molecule has 0 unspecified atom stereocenters. The predicted octanol–water partition coefficient (Wildman–Crippen LogP) is 6.12. The van der Waals surface area contributed by atoms with Crippen LogP contribution >= 0.6 is 22.9 Å². The van der Waals surface area contributed by atoms with Gasteiger partial charge < -0.3 is 4.52 Å². The van der Waals surface area contributed by atoms with E-state index < -0.39 is 11.7 Å². The highest BCUT2D eigenvalue weighted by atomic mass is 35.5. The van der Waals surface area contributed by atoms with Crippen LogP contribution in [-0.4, -0.2) is 15.1 Å². The molecule has 0 fully saturated rings. The van der Waals surface area contributed by atoms with Gasteiger partial charge in [-0.25, -0.2) is 4.98 Å². The van der Waals surface area contributed by atoms with Crippen LogP contribution in [-0.2, 0) is 12.6 Å². The lowest BCUT2D eigenvalue weighted by Crippen LogP contribution is -2.04. The van der Waals surface area contributed by atoms with Gasteiger partial charge in [0.25, 0.3) is 0 Å². The van der Waals surface area contributed by atoms with Gasteiger partial charge in [0.05, 0.1) is 17.7 Å². The van der Waals surface area contributed by atoms with Crippen molar-refractivity contribution in [3.8, 4) is 22.6 Å². The SMILES string of the molecule is FC(F)(F)c1ccc(-c2noc(Cc3nc(-c4cccc(Cl)c4)cs3)n2)cc1. The summed E-state index contributed by atoms with van der Waals surface area (Å²) in [5, 5.41) is 7.16. The van der Waals surface area contributed by atoms with Gasteiger partial charge in [-0.2, -0.15) is 18.2 Å². The molecule has 4 nitrogen and oxygen atoms in total. The molecule has 142 valence electrons. The summed E-state index contributed by atoms with van der Waals surface area (Å²) in [4.78, 5) is 8.79. The Balaban J connectivity index is 1.50. The van der Waals surface area contributed by atoms with Crippen molar-refractivity contribution in [3.63, 3.8) is 0 Å². The number of aromatic nitrogens is 3. The zero-order valence-corrected chi connectivity index (χ0v) is 15.6. The number of rotatable bonds is 4. The van der Waals surface area contributed by atoms with E-state index in [2.05, 4.69) is 15.1 Å². The Morgan fingerprint density at radius 1 is 1.00 bits per heavy atom. The van der Waals surface area contributed by atoms with Crippen LogP contribution < -0.4 is 0 Å². The van der Waals surface area contributed by atoms with E-state index in [1.165, 1.54) is 23.5 Å². The first-order chi connectivity index (χ1) is 13.4. The first kappa shape index (κ1) is 18.6. The molecule has 2 aromatic carbocycles. The Morgan fingerprint density at radius 2 is 1.79 bits per heavy atom. The standard InChI is InChI=1S/C19H11ClF3N3OS/c20-14-3-1-2-12(8-14)15-10-28-17(24-15)9-16-25-18(26-27-16)11-4-6-13(7-5-11)19(21,22)23/h1-8,10H,9H2. The summed E-state index contributed by atoms with van der Waals surface area (Å²) in [6, 6.07) is 12.0. The molecule has 4 aromatic rings. The van der Waals surface area contributed by atoms with Crippen LogP contribution in [0.1, 0.15) is 16.5 Å². The zero-order valence-electron chi connectivity index (χ0n) is 14.1. The van der Waals surface area contributed by atoms with Gasteiger partial charge in [-0.15, -0.1) is 11.3 Å². The molecule has 2 aromatic heterocycles. The normalized spacial score (nSPS) is 11.7. The van der Waals surface area contributed by atoms with E-state index in [1.807, 2.05) is 23.6 Å². The van der Waals surface area contributed by atoms with E-state index in [4.69, 9.17) is 16.1 Å². The number of hydrogen-bond acceptors (Lipinski definition) is 5. The minimum atomic E-state index is -4.38. The molecule has 0 bridgehead atoms. The fraction of sp³-hybridized carbons (Fsp3) is 0.105. The maximum Gasteiger partial charge on any atom is 0.416 e. The lowest BCUT2D eigenvalue weighted by molar-refractivity contribution is -0.137. The van der Waals surface area contributed by atoms with Crippen molar-refractivity contribution < 1.29 is 17.7 Å². The first-order valence-corrected chi connectivity index (χ1v) is 9.35. The van der Waals surface area contributed by atoms with Gasteiger partial charge in [0.1, 0.15) is 5.01 Å². The first-order valence-electron chi connectivity index (χ1n) is 8.09. The molecule has 0 saturated carbocycles. The van der Waals surface area contributed by atoms with Crippen LogP contribution in [0.25, 0.3) is 22.6 Å². The van der Waals surface area contributed by atoms with Crippen LogP contribution in [0.15, 0.2) is 58.4 Å². The fourth-order valence-corrected chi connectivity index (χ4v) is 3.54. The number of hydrogen-bond donors (Lipinski definition) is 0. The van der Waals surface area contributed by atoms with Gasteiger partial charge in [0.15, 0.2) is 0 Å². The Hall–Kier alpha value is -2.71. The Morgan fingerprint density at radius 3 is 2.50 bits per heavy atom. The zero-order chi connectivity index (χ0) is 19.7. The van der Waals surface area contributed by atoms with E-state index in [0.717, 1.165) is 28.4 Å². The van der Waals surface area contributed by atoms with Gasteiger partial charge in [-0.05, 0) is 24.3 Å². The number of halogens is 4. The molecule has 0 saturated heterocycles. The second-order valence-corrected chi connectivity index (χ2v) is 7.28. The summed E-state index contributed by atoms with van der Waals surface area (Å²) in [5.74, 6) is 0.567. The van der Waals surface area contributed by atoms with Crippen LogP contribution in [0, 0.1) is 0 Å². The molecule has 0 aliphatic carbocycles. The van der Waals surface area contributed by atoms with Crippen molar-refractivity contribution in [2.24, 2.45) is 0 Å². The Kier molecular flexibility index (Phi) is 4.91. The number of thiazole rings is 1. The molecule has 0 radical (unpaired) electrons. The van der Waals surface area contributed by atoms with Crippen molar-refractivity contribution in [2.75, 3.05) is 0 Å². The molecular formula is C19H11ClF3N3OS. The molecule has 2 heterocycles. The molecule has 4 rings (SSSR count). The second kappa shape index (κ2) is 7.37. The molecule has 0 amide bonds. The van der Waals surface area contributed by atoms with Crippen molar-refractivity contribution in [3.05, 3.63) is 75.4 Å².